The molecule has 0 aliphatic rings. The second-order valence-electron chi connectivity index (χ2n) is 4.70. The fourth-order valence-corrected chi connectivity index (χ4v) is 3.15. The predicted molar refractivity (Wildman–Crippen MR) is 71.4 cm³/mol. The van der Waals surface area contributed by atoms with Crippen LogP contribution >= 0.6 is 0 Å². The summed E-state index contributed by atoms with van der Waals surface area (Å²) in [5.41, 5.74) is 0. The molecule has 0 radical (unpaired) electrons. The molecule has 21 heavy (non-hydrogen) atoms. The maximum atomic E-state index is 12.2. The van der Waals surface area contributed by atoms with Gasteiger partial charge in [0, 0.05) is 6.07 Å². The number of esters is 1. The summed E-state index contributed by atoms with van der Waals surface area (Å²) in [6, 6.07) is -0.284. The van der Waals surface area contributed by atoms with Crippen LogP contribution in [0.15, 0.2) is 15.4 Å². The highest BCUT2D eigenvalue weighted by Crippen LogP contribution is 2.21. The van der Waals surface area contributed by atoms with E-state index in [2.05, 4.69) is 9.46 Å². The zero-order valence-electron chi connectivity index (χ0n) is 12.0. The van der Waals surface area contributed by atoms with Crippen molar-refractivity contribution < 1.29 is 32.3 Å². The number of aryl methyl sites for hydroxylation is 1. The van der Waals surface area contributed by atoms with Gasteiger partial charge in [-0.2, -0.15) is 4.72 Å². The quantitative estimate of drug-likeness (QED) is 0.742. The van der Waals surface area contributed by atoms with E-state index < -0.39 is 33.9 Å². The molecule has 1 unspecified atom stereocenters. The van der Waals surface area contributed by atoms with E-state index >= 15 is 0 Å². The van der Waals surface area contributed by atoms with E-state index in [1.54, 1.807) is 13.8 Å². The third-order valence-electron chi connectivity index (χ3n) is 2.76. The average molecular weight is 319 g/mol. The molecule has 0 fully saturated rings. The molecule has 1 aromatic heterocycles. The van der Waals surface area contributed by atoms with Crippen molar-refractivity contribution in [2.24, 2.45) is 5.92 Å². The van der Waals surface area contributed by atoms with Crippen molar-refractivity contribution in [3.8, 4) is 0 Å². The van der Waals surface area contributed by atoms with Crippen molar-refractivity contribution in [3.63, 3.8) is 0 Å². The fraction of sp³-hybridized carbons (Fsp3) is 0.500. The molecule has 2 N–H and O–H groups in total. The lowest BCUT2D eigenvalue weighted by molar-refractivity contribution is -0.140. The number of carbonyl (C=O) groups is 2. The largest absolute Gasteiger partial charge is 0.480 e. The molecular formula is C12H17NO7S. The summed E-state index contributed by atoms with van der Waals surface area (Å²) in [6.07, 6.45) is 0. The number of aliphatic carboxylic acids is 1. The van der Waals surface area contributed by atoms with Crippen LogP contribution in [0.1, 0.15) is 30.2 Å². The van der Waals surface area contributed by atoms with Crippen LogP contribution in [0.2, 0.25) is 0 Å². The maximum Gasteiger partial charge on any atom is 0.373 e. The summed E-state index contributed by atoms with van der Waals surface area (Å²) in [5.74, 6) is -2.87. The van der Waals surface area contributed by atoms with Gasteiger partial charge >= 0.3 is 11.9 Å². The van der Waals surface area contributed by atoms with Crippen LogP contribution in [0.4, 0.5) is 0 Å². The van der Waals surface area contributed by atoms with E-state index in [4.69, 9.17) is 9.52 Å². The number of methoxy groups -OCH3 is 1. The van der Waals surface area contributed by atoms with Gasteiger partial charge in [0.25, 0.3) is 0 Å². The lowest BCUT2D eigenvalue weighted by Gasteiger charge is -2.17. The van der Waals surface area contributed by atoms with E-state index in [0.29, 0.717) is 0 Å². The predicted octanol–water partition coefficient (Wildman–Crippen LogP) is 0.762. The summed E-state index contributed by atoms with van der Waals surface area (Å²) in [6.45, 7) is 4.50. The standard InChI is InChI=1S/C12H17NO7S/c1-6(2)10(11(14)15)13-21(17,18)9-5-8(12(16)19-4)20-7(9)3/h5-6,10,13H,1-4H3,(H,14,15). The Hall–Kier alpha value is -1.87. The van der Waals surface area contributed by atoms with Gasteiger partial charge in [0.15, 0.2) is 0 Å². The van der Waals surface area contributed by atoms with E-state index in [9.17, 15) is 18.0 Å². The molecule has 1 aromatic rings. The summed E-state index contributed by atoms with van der Waals surface area (Å²) in [7, 11) is -3.00. The molecule has 0 amide bonds. The van der Waals surface area contributed by atoms with Gasteiger partial charge in [0.05, 0.1) is 7.11 Å². The molecule has 8 nitrogen and oxygen atoms in total. The molecule has 0 aliphatic heterocycles. The maximum absolute atomic E-state index is 12.2. The first kappa shape index (κ1) is 17.2. The number of carboxylic acids is 1. The number of carbonyl (C=O) groups excluding carboxylic acids is 1. The van der Waals surface area contributed by atoms with Gasteiger partial charge in [-0.1, -0.05) is 13.8 Å². The number of rotatable bonds is 6. The molecule has 0 aliphatic carbocycles. The van der Waals surface area contributed by atoms with Crippen molar-refractivity contribution in [2.45, 2.75) is 31.7 Å². The number of sulfonamides is 1. The smallest absolute Gasteiger partial charge is 0.373 e. The van der Waals surface area contributed by atoms with Gasteiger partial charge in [-0.25, -0.2) is 13.2 Å². The van der Waals surface area contributed by atoms with Crippen LogP contribution < -0.4 is 4.72 Å². The Kier molecular flexibility index (Phi) is 5.13. The Bertz CT molecular complexity index is 645. The highest BCUT2D eigenvalue weighted by molar-refractivity contribution is 7.89. The Morgan fingerprint density at radius 3 is 2.38 bits per heavy atom. The summed E-state index contributed by atoms with van der Waals surface area (Å²) >= 11 is 0. The van der Waals surface area contributed by atoms with Crippen molar-refractivity contribution in [1.82, 2.24) is 4.72 Å². The first-order valence-corrected chi connectivity index (χ1v) is 7.52. The second kappa shape index (κ2) is 6.27. The van der Waals surface area contributed by atoms with Crippen molar-refractivity contribution in [1.29, 1.82) is 0 Å². The zero-order valence-corrected chi connectivity index (χ0v) is 12.9. The second-order valence-corrected chi connectivity index (χ2v) is 6.39. The number of carboxylic acid groups (broad SMARTS) is 1. The number of nitrogens with one attached hydrogen (secondary N) is 1. The van der Waals surface area contributed by atoms with Gasteiger partial charge in [-0.05, 0) is 12.8 Å². The monoisotopic (exact) mass is 319 g/mol. The molecule has 0 bridgehead atoms. The van der Waals surface area contributed by atoms with Gasteiger partial charge in [-0.15, -0.1) is 0 Å². The first-order chi connectivity index (χ1) is 9.60. The van der Waals surface area contributed by atoms with E-state index in [1.165, 1.54) is 6.92 Å². The molecule has 118 valence electrons. The van der Waals surface area contributed by atoms with Gasteiger partial charge in [-0.3, -0.25) is 4.79 Å². The molecule has 0 saturated carbocycles. The molecule has 0 spiro atoms. The first-order valence-electron chi connectivity index (χ1n) is 6.04. The van der Waals surface area contributed by atoms with Crippen molar-refractivity contribution in [3.05, 3.63) is 17.6 Å². The molecule has 1 atom stereocenters. The van der Waals surface area contributed by atoms with Crippen LogP contribution in [0, 0.1) is 12.8 Å². The minimum atomic E-state index is -4.13. The van der Waals surface area contributed by atoms with E-state index in [0.717, 1.165) is 13.2 Å². The van der Waals surface area contributed by atoms with Crippen LogP contribution in [-0.2, 0) is 19.6 Å². The van der Waals surface area contributed by atoms with Crippen molar-refractivity contribution in [2.75, 3.05) is 7.11 Å². The number of furan rings is 1. The SMILES string of the molecule is COC(=O)c1cc(S(=O)(=O)NC(C(=O)O)C(C)C)c(C)o1. The minimum absolute atomic E-state index is 0.0317. The van der Waals surface area contributed by atoms with Gasteiger partial charge in [0.1, 0.15) is 16.7 Å². The van der Waals surface area contributed by atoms with Crippen LogP contribution in [0.25, 0.3) is 0 Å². The molecule has 9 heteroatoms. The van der Waals surface area contributed by atoms with Crippen LogP contribution in [0.3, 0.4) is 0 Å². The third-order valence-corrected chi connectivity index (χ3v) is 4.31. The summed E-state index contributed by atoms with van der Waals surface area (Å²) in [4.78, 5) is 22.1. The van der Waals surface area contributed by atoms with Gasteiger partial charge < -0.3 is 14.3 Å². The summed E-state index contributed by atoms with van der Waals surface area (Å²) in [5, 5.41) is 9.03. The number of ether oxygens (including phenoxy) is 1. The Balaban J connectivity index is 3.16. The highest BCUT2D eigenvalue weighted by atomic mass is 32.2. The zero-order chi connectivity index (χ0) is 16.4. The Labute approximate surface area is 122 Å². The normalized spacial score (nSPS) is 13.2. The van der Waals surface area contributed by atoms with Gasteiger partial charge in [0.2, 0.25) is 15.8 Å². The molecule has 1 heterocycles. The van der Waals surface area contributed by atoms with E-state index in [1.807, 2.05) is 0 Å². The topological polar surface area (TPSA) is 123 Å². The Morgan fingerprint density at radius 1 is 1.38 bits per heavy atom. The molecule has 0 aromatic carbocycles. The van der Waals surface area contributed by atoms with Crippen LogP contribution in [0.5, 0.6) is 0 Å². The summed E-state index contributed by atoms with van der Waals surface area (Å²) < 4.78 is 35.9. The van der Waals surface area contributed by atoms with Crippen LogP contribution in [-0.4, -0.2) is 38.6 Å². The Morgan fingerprint density at radius 2 is 1.95 bits per heavy atom. The molecule has 1 rings (SSSR count). The minimum Gasteiger partial charge on any atom is -0.480 e. The van der Waals surface area contributed by atoms with E-state index in [-0.39, 0.29) is 16.4 Å². The lowest BCUT2D eigenvalue weighted by Crippen LogP contribution is -2.44. The van der Waals surface area contributed by atoms with Crippen molar-refractivity contribution >= 4 is 22.0 Å². The lowest BCUT2D eigenvalue weighted by atomic mass is 10.1. The average Bonchev–Trinajstić information content (AvgIpc) is 2.77. The number of hydrogen-bond donors (Lipinski definition) is 2. The third kappa shape index (κ3) is 3.82. The fourth-order valence-electron chi connectivity index (χ4n) is 1.64. The highest BCUT2D eigenvalue weighted by Gasteiger charge is 2.31. The molecule has 0 saturated heterocycles. The number of hydrogen-bond acceptors (Lipinski definition) is 6. The molecular weight excluding hydrogens is 302 g/mol.